The van der Waals surface area contributed by atoms with E-state index in [0.29, 0.717) is 12.1 Å². The Hall–Kier alpha value is -2.49. The van der Waals surface area contributed by atoms with Crippen molar-refractivity contribution in [3.8, 4) is 5.75 Å². The van der Waals surface area contributed by atoms with Gasteiger partial charge in [0.05, 0.1) is 19.6 Å². The third-order valence-electron chi connectivity index (χ3n) is 3.34. The van der Waals surface area contributed by atoms with E-state index >= 15 is 0 Å². The topological polar surface area (TPSA) is 64.3 Å². The van der Waals surface area contributed by atoms with Gasteiger partial charge in [0, 0.05) is 5.69 Å². The van der Waals surface area contributed by atoms with Gasteiger partial charge in [0.25, 0.3) is 0 Å². The number of methoxy groups -OCH3 is 1. The smallest absolute Gasteiger partial charge is 0.224 e. The zero-order valence-corrected chi connectivity index (χ0v) is 12.3. The summed E-state index contributed by atoms with van der Waals surface area (Å²) in [6, 6.07) is 15.0. The first-order chi connectivity index (χ1) is 10.1. The molecule has 0 fully saturated rings. The molecule has 2 rings (SSSR count). The van der Waals surface area contributed by atoms with Crippen molar-refractivity contribution in [3.63, 3.8) is 0 Å². The molecular weight excluding hydrogens is 264 g/mol. The number of nitrogen functional groups attached to an aromatic ring is 1. The molecule has 0 bridgehead atoms. The summed E-state index contributed by atoms with van der Waals surface area (Å²) in [5, 5.41) is 2.99. The molecule has 2 aromatic carbocycles. The number of ether oxygens (including phenoxy) is 1. The van der Waals surface area contributed by atoms with Crippen molar-refractivity contribution in [1.82, 2.24) is 5.32 Å². The highest BCUT2D eigenvalue weighted by molar-refractivity contribution is 5.79. The Labute approximate surface area is 124 Å². The van der Waals surface area contributed by atoms with E-state index in [-0.39, 0.29) is 11.9 Å². The highest BCUT2D eigenvalue weighted by atomic mass is 16.5. The van der Waals surface area contributed by atoms with Gasteiger partial charge >= 0.3 is 0 Å². The Balaban J connectivity index is 1.93. The van der Waals surface area contributed by atoms with Crippen molar-refractivity contribution in [2.45, 2.75) is 19.4 Å². The van der Waals surface area contributed by atoms with Crippen LogP contribution in [0.4, 0.5) is 5.69 Å². The van der Waals surface area contributed by atoms with Crippen molar-refractivity contribution < 1.29 is 9.53 Å². The first-order valence-corrected chi connectivity index (χ1v) is 6.86. The summed E-state index contributed by atoms with van der Waals surface area (Å²) in [7, 11) is 1.63. The van der Waals surface area contributed by atoms with Gasteiger partial charge in [0.1, 0.15) is 5.75 Å². The minimum absolute atomic E-state index is 0.0110. The van der Waals surface area contributed by atoms with Gasteiger partial charge in [-0.25, -0.2) is 0 Å². The first-order valence-electron chi connectivity index (χ1n) is 6.86. The van der Waals surface area contributed by atoms with Crippen LogP contribution in [0.25, 0.3) is 0 Å². The lowest BCUT2D eigenvalue weighted by Crippen LogP contribution is -2.28. The maximum Gasteiger partial charge on any atom is 0.224 e. The van der Waals surface area contributed by atoms with E-state index in [1.54, 1.807) is 19.2 Å². The number of benzene rings is 2. The van der Waals surface area contributed by atoms with E-state index in [9.17, 15) is 4.79 Å². The molecule has 3 N–H and O–H groups in total. The van der Waals surface area contributed by atoms with Gasteiger partial charge in [-0.15, -0.1) is 0 Å². The second kappa shape index (κ2) is 6.79. The summed E-state index contributed by atoms with van der Waals surface area (Å²) in [6.07, 6.45) is 0.348. The summed E-state index contributed by atoms with van der Waals surface area (Å²) in [4.78, 5) is 12.0. The number of amides is 1. The Morgan fingerprint density at radius 1 is 1.14 bits per heavy atom. The average Bonchev–Trinajstić information content (AvgIpc) is 2.49. The van der Waals surface area contributed by atoms with Gasteiger partial charge in [-0.3, -0.25) is 4.79 Å². The molecule has 0 saturated carbocycles. The molecule has 1 amide bonds. The van der Waals surface area contributed by atoms with E-state index in [0.717, 1.165) is 16.9 Å². The largest absolute Gasteiger partial charge is 0.497 e. The number of nitrogens with two attached hydrogens (primary N) is 1. The fourth-order valence-electron chi connectivity index (χ4n) is 2.09. The van der Waals surface area contributed by atoms with Crippen molar-refractivity contribution in [1.29, 1.82) is 0 Å². The number of carbonyl (C=O) groups is 1. The van der Waals surface area contributed by atoms with Crippen LogP contribution in [0.5, 0.6) is 5.75 Å². The Bertz CT molecular complexity index is 591. The summed E-state index contributed by atoms with van der Waals surface area (Å²) in [5.74, 6) is 0.794. The zero-order valence-electron chi connectivity index (χ0n) is 12.3. The Kier molecular flexibility index (Phi) is 4.82. The molecule has 0 aliphatic carbocycles. The van der Waals surface area contributed by atoms with Crippen LogP contribution in [0, 0.1) is 0 Å². The number of nitrogens with one attached hydrogen (secondary N) is 1. The van der Waals surface area contributed by atoms with Crippen LogP contribution in [0.1, 0.15) is 24.1 Å². The van der Waals surface area contributed by atoms with E-state index < -0.39 is 0 Å². The van der Waals surface area contributed by atoms with Crippen LogP contribution in [0.15, 0.2) is 48.5 Å². The lowest BCUT2D eigenvalue weighted by molar-refractivity contribution is -0.121. The van der Waals surface area contributed by atoms with Crippen molar-refractivity contribution in [2.75, 3.05) is 12.8 Å². The molecule has 0 aliphatic heterocycles. The summed E-state index contributed by atoms with van der Waals surface area (Å²) >= 11 is 0. The lowest BCUT2D eigenvalue weighted by atomic mass is 10.1. The molecule has 110 valence electrons. The molecule has 2 aromatic rings. The van der Waals surface area contributed by atoms with Crippen LogP contribution < -0.4 is 15.8 Å². The number of hydrogen-bond acceptors (Lipinski definition) is 3. The maximum absolute atomic E-state index is 12.0. The summed E-state index contributed by atoms with van der Waals surface area (Å²) in [6.45, 7) is 1.96. The van der Waals surface area contributed by atoms with Gasteiger partial charge in [-0.2, -0.15) is 0 Å². The van der Waals surface area contributed by atoms with Crippen molar-refractivity contribution in [3.05, 3.63) is 59.7 Å². The number of rotatable bonds is 5. The van der Waals surface area contributed by atoms with Crippen LogP contribution >= 0.6 is 0 Å². The second-order valence-corrected chi connectivity index (χ2v) is 4.98. The summed E-state index contributed by atoms with van der Waals surface area (Å²) in [5.41, 5.74) is 8.32. The van der Waals surface area contributed by atoms with Gasteiger partial charge in [0.15, 0.2) is 0 Å². The van der Waals surface area contributed by atoms with E-state index in [1.165, 1.54) is 0 Å². The predicted molar refractivity (Wildman–Crippen MR) is 84.1 cm³/mol. The van der Waals surface area contributed by atoms with Crippen LogP contribution in [-0.2, 0) is 11.2 Å². The fraction of sp³-hybridized carbons (Fsp3) is 0.235. The monoisotopic (exact) mass is 284 g/mol. The maximum atomic E-state index is 12.0. The van der Waals surface area contributed by atoms with Crippen LogP contribution in [0.3, 0.4) is 0 Å². The average molecular weight is 284 g/mol. The van der Waals surface area contributed by atoms with Gasteiger partial charge in [-0.1, -0.05) is 24.3 Å². The standard InChI is InChI=1S/C17H20N2O2/c1-12(14-5-9-16(21-2)10-6-14)19-17(20)11-13-3-7-15(18)8-4-13/h3-10,12H,11,18H2,1-2H3,(H,19,20)/t12-/m0/s1. The molecule has 1 atom stereocenters. The molecule has 0 aliphatic rings. The van der Waals surface area contributed by atoms with Crippen LogP contribution in [0.2, 0.25) is 0 Å². The van der Waals surface area contributed by atoms with Gasteiger partial charge in [-0.05, 0) is 42.3 Å². The minimum Gasteiger partial charge on any atom is -0.497 e. The SMILES string of the molecule is COc1ccc([C@H](C)NC(=O)Cc2ccc(N)cc2)cc1. The molecule has 0 unspecified atom stereocenters. The molecule has 21 heavy (non-hydrogen) atoms. The van der Waals surface area contributed by atoms with E-state index in [1.807, 2.05) is 43.3 Å². The summed E-state index contributed by atoms with van der Waals surface area (Å²) < 4.78 is 5.12. The van der Waals surface area contributed by atoms with Crippen molar-refractivity contribution in [2.24, 2.45) is 0 Å². The fourth-order valence-corrected chi connectivity index (χ4v) is 2.09. The molecule has 0 aromatic heterocycles. The van der Waals surface area contributed by atoms with Crippen molar-refractivity contribution >= 4 is 11.6 Å². The van der Waals surface area contributed by atoms with Gasteiger partial charge in [0.2, 0.25) is 5.91 Å². The molecule has 0 radical (unpaired) electrons. The molecule has 4 heteroatoms. The molecule has 0 spiro atoms. The molecule has 0 saturated heterocycles. The predicted octanol–water partition coefficient (Wildman–Crippen LogP) is 2.70. The quantitative estimate of drug-likeness (QED) is 0.830. The van der Waals surface area contributed by atoms with Gasteiger partial charge < -0.3 is 15.8 Å². The Morgan fingerprint density at radius 3 is 2.33 bits per heavy atom. The highest BCUT2D eigenvalue weighted by Gasteiger charge is 2.10. The second-order valence-electron chi connectivity index (χ2n) is 4.98. The lowest BCUT2D eigenvalue weighted by Gasteiger charge is -2.15. The zero-order chi connectivity index (χ0) is 15.2. The van der Waals surface area contributed by atoms with E-state index in [4.69, 9.17) is 10.5 Å². The third kappa shape index (κ3) is 4.24. The Morgan fingerprint density at radius 2 is 1.76 bits per heavy atom. The number of carbonyl (C=O) groups excluding carboxylic acids is 1. The molecule has 4 nitrogen and oxygen atoms in total. The molecular formula is C17H20N2O2. The molecule has 0 heterocycles. The van der Waals surface area contributed by atoms with E-state index in [2.05, 4.69) is 5.32 Å². The normalized spacial score (nSPS) is 11.7. The third-order valence-corrected chi connectivity index (χ3v) is 3.34. The highest BCUT2D eigenvalue weighted by Crippen LogP contribution is 2.17. The number of hydrogen-bond donors (Lipinski definition) is 2. The first kappa shape index (κ1) is 14.9. The minimum atomic E-state index is -0.0443. The number of anilines is 1. The van der Waals surface area contributed by atoms with Crippen LogP contribution in [-0.4, -0.2) is 13.0 Å².